The number of ketones is 1. The molecule has 104 valence electrons. The molecule has 1 N–H and O–H groups in total. The second kappa shape index (κ2) is 6.52. The molecule has 0 spiro atoms. The molecule has 0 heterocycles. The van der Waals surface area contributed by atoms with Crippen LogP contribution in [0.5, 0.6) is 5.75 Å². The number of halogens is 2. The molecule has 1 aromatic carbocycles. The minimum absolute atomic E-state index is 0.271. The van der Waals surface area contributed by atoms with E-state index in [0.29, 0.717) is 11.3 Å². The summed E-state index contributed by atoms with van der Waals surface area (Å²) in [6.07, 6.45) is -0.271. The van der Waals surface area contributed by atoms with Gasteiger partial charge in [-0.1, -0.05) is 31.9 Å². The van der Waals surface area contributed by atoms with E-state index in [1.807, 2.05) is 13.0 Å². The molecule has 1 rings (SSSR count). The van der Waals surface area contributed by atoms with Gasteiger partial charge in [0, 0.05) is 4.47 Å². The van der Waals surface area contributed by atoms with Gasteiger partial charge in [0.2, 0.25) is 0 Å². The first-order valence-electron chi connectivity index (χ1n) is 5.53. The number of carbonyl (C=O) groups excluding carboxylic acids is 1. The number of benzene rings is 1. The van der Waals surface area contributed by atoms with Crippen LogP contribution in [0.4, 0.5) is 0 Å². The summed E-state index contributed by atoms with van der Waals surface area (Å²) in [4.78, 5) is 22.3. The van der Waals surface area contributed by atoms with Crippen LogP contribution >= 0.6 is 31.9 Å². The van der Waals surface area contributed by atoms with Crippen LogP contribution < -0.4 is 4.74 Å². The monoisotopic (exact) mass is 392 g/mol. The maximum Gasteiger partial charge on any atom is 0.304 e. The number of rotatable bonds is 5. The van der Waals surface area contributed by atoms with Crippen LogP contribution in [0.15, 0.2) is 10.5 Å². The van der Waals surface area contributed by atoms with Crippen molar-refractivity contribution in [3.8, 4) is 5.75 Å². The van der Waals surface area contributed by atoms with E-state index >= 15 is 0 Å². The second-order valence-corrected chi connectivity index (χ2v) is 6.10. The normalized spacial score (nSPS) is 12.1. The Morgan fingerprint density at radius 1 is 1.42 bits per heavy atom. The first-order chi connectivity index (χ1) is 8.79. The molecule has 1 atom stereocenters. The molecule has 0 aliphatic rings. The van der Waals surface area contributed by atoms with Crippen molar-refractivity contribution in [3.63, 3.8) is 0 Å². The number of aryl methyl sites for hydroxylation is 1. The Morgan fingerprint density at radius 2 is 2.00 bits per heavy atom. The molecule has 6 heteroatoms. The number of hydrogen-bond donors (Lipinski definition) is 1. The van der Waals surface area contributed by atoms with E-state index in [1.54, 1.807) is 6.92 Å². The third-order valence-corrected chi connectivity index (χ3v) is 4.31. The molecule has 0 radical (unpaired) electrons. The van der Waals surface area contributed by atoms with Crippen molar-refractivity contribution < 1.29 is 19.4 Å². The molecule has 0 aliphatic carbocycles. The highest BCUT2D eigenvalue weighted by molar-refractivity contribution is 9.10. The molecular weight excluding hydrogens is 380 g/mol. The zero-order chi connectivity index (χ0) is 14.7. The third kappa shape index (κ3) is 3.57. The van der Waals surface area contributed by atoms with Crippen LogP contribution in [0, 0.1) is 13.8 Å². The van der Waals surface area contributed by atoms with Crippen LogP contribution in [0.1, 0.15) is 27.9 Å². The smallest absolute Gasteiger partial charge is 0.304 e. The van der Waals surface area contributed by atoms with Crippen LogP contribution in [-0.4, -0.2) is 28.8 Å². The van der Waals surface area contributed by atoms with E-state index in [2.05, 4.69) is 31.9 Å². The number of aliphatic carboxylic acids is 1. The number of carboxylic acid groups (broad SMARTS) is 1. The van der Waals surface area contributed by atoms with Gasteiger partial charge in [-0.05, 0) is 31.0 Å². The summed E-state index contributed by atoms with van der Waals surface area (Å²) in [5, 5.41) is 8.76. The molecular formula is C13H14Br2O4. The molecule has 0 saturated carbocycles. The Kier molecular flexibility index (Phi) is 5.55. The predicted octanol–water partition coefficient (Wildman–Crippen LogP) is 3.50. The third-order valence-electron chi connectivity index (χ3n) is 2.75. The summed E-state index contributed by atoms with van der Waals surface area (Å²) < 4.78 is 6.07. The van der Waals surface area contributed by atoms with Gasteiger partial charge in [0.15, 0.2) is 5.78 Å². The highest BCUT2D eigenvalue weighted by Gasteiger charge is 2.26. The van der Waals surface area contributed by atoms with Gasteiger partial charge in [-0.25, -0.2) is 0 Å². The Morgan fingerprint density at radius 3 is 2.47 bits per heavy atom. The zero-order valence-electron chi connectivity index (χ0n) is 10.8. The molecule has 19 heavy (non-hydrogen) atoms. The van der Waals surface area contributed by atoms with Crippen LogP contribution in [0.25, 0.3) is 0 Å². The SMILES string of the molecule is COc1c(C)cc(Br)c(C)c1C(=O)C(Br)CC(=O)O. The molecule has 0 bridgehead atoms. The number of ether oxygens (including phenoxy) is 1. The lowest BCUT2D eigenvalue weighted by molar-refractivity contribution is -0.136. The van der Waals surface area contributed by atoms with Gasteiger partial charge in [0.1, 0.15) is 5.75 Å². The second-order valence-electron chi connectivity index (χ2n) is 4.14. The Labute approximate surface area is 128 Å². The van der Waals surface area contributed by atoms with Gasteiger partial charge in [-0.3, -0.25) is 9.59 Å². The summed E-state index contributed by atoms with van der Waals surface area (Å²) in [6, 6.07) is 1.87. The lowest BCUT2D eigenvalue weighted by Crippen LogP contribution is -2.20. The molecule has 0 amide bonds. The van der Waals surface area contributed by atoms with Crippen LogP contribution in [0.3, 0.4) is 0 Å². The predicted molar refractivity (Wildman–Crippen MR) is 79.5 cm³/mol. The number of carbonyl (C=O) groups is 2. The number of hydrogen-bond acceptors (Lipinski definition) is 3. The maximum atomic E-state index is 12.4. The first kappa shape index (κ1) is 16.2. The quantitative estimate of drug-likeness (QED) is 0.614. The van der Waals surface area contributed by atoms with Gasteiger partial charge in [0.05, 0.1) is 23.9 Å². The van der Waals surface area contributed by atoms with E-state index in [9.17, 15) is 9.59 Å². The molecule has 0 aromatic heterocycles. The summed E-state index contributed by atoms with van der Waals surface area (Å²) in [5.74, 6) is -0.833. The molecule has 0 saturated heterocycles. The molecule has 4 nitrogen and oxygen atoms in total. The number of Topliss-reactive ketones (excluding diaryl/α,β-unsaturated/α-hetero) is 1. The number of carboxylic acids is 1. The van der Waals surface area contributed by atoms with E-state index in [1.165, 1.54) is 7.11 Å². The lowest BCUT2D eigenvalue weighted by Gasteiger charge is -2.16. The van der Waals surface area contributed by atoms with Crippen molar-refractivity contribution in [2.75, 3.05) is 7.11 Å². The van der Waals surface area contributed by atoms with Gasteiger partial charge in [0.25, 0.3) is 0 Å². The fourth-order valence-corrected chi connectivity index (χ4v) is 2.86. The standard InChI is InChI=1S/C13H14Br2O4/c1-6-4-8(14)7(2)11(13(6)19-3)12(18)9(15)5-10(16)17/h4,9H,5H2,1-3H3,(H,16,17). The summed E-state index contributed by atoms with van der Waals surface area (Å²) in [6.45, 7) is 3.63. The average molecular weight is 394 g/mol. The van der Waals surface area contributed by atoms with Gasteiger partial charge >= 0.3 is 5.97 Å². The highest BCUT2D eigenvalue weighted by Crippen LogP contribution is 2.34. The minimum Gasteiger partial charge on any atom is -0.496 e. The Bertz CT molecular complexity index is 526. The molecule has 1 unspecified atom stereocenters. The summed E-state index contributed by atoms with van der Waals surface area (Å²) >= 11 is 6.52. The van der Waals surface area contributed by atoms with Crippen molar-refractivity contribution in [1.29, 1.82) is 0 Å². The van der Waals surface area contributed by atoms with Gasteiger partial charge < -0.3 is 9.84 Å². The van der Waals surface area contributed by atoms with Crippen LogP contribution in [0.2, 0.25) is 0 Å². The maximum absolute atomic E-state index is 12.4. The largest absolute Gasteiger partial charge is 0.496 e. The zero-order valence-corrected chi connectivity index (χ0v) is 14.0. The van der Waals surface area contributed by atoms with Crippen molar-refractivity contribution in [2.24, 2.45) is 0 Å². The van der Waals surface area contributed by atoms with E-state index < -0.39 is 10.8 Å². The first-order valence-corrected chi connectivity index (χ1v) is 7.24. The van der Waals surface area contributed by atoms with Crippen molar-refractivity contribution in [1.82, 2.24) is 0 Å². The van der Waals surface area contributed by atoms with E-state index in [4.69, 9.17) is 9.84 Å². The topological polar surface area (TPSA) is 63.6 Å². The highest BCUT2D eigenvalue weighted by atomic mass is 79.9. The van der Waals surface area contributed by atoms with Crippen molar-refractivity contribution in [3.05, 3.63) is 27.2 Å². The molecule has 0 fully saturated rings. The fourth-order valence-electron chi connectivity index (χ4n) is 1.81. The van der Waals surface area contributed by atoms with Crippen molar-refractivity contribution >= 4 is 43.6 Å². The Balaban J connectivity index is 3.32. The fraction of sp³-hybridized carbons (Fsp3) is 0.385. The molecule has 0 aliphatic heterocycles. The average Bonchev–Trinajstić information content (AvgIpc) is 2.31. The van der Waals surface area contributed by atoms with Gasteiger partial charge in [-0.15, -0.1) is 0 Å². The number of alkyl halides is 1. The van der Waals surface area contributed by atoms with Crippen LogP contribution in [-0.2, 0) is 4.79 Å². The number of methoxy groups -OCH3 is 1. The summed E-state index contributed by atoms with van der Waals surface area (Å²) in [5.41, 5.74) is 1.97. The minimum atomic E-state index is -1.03. The lowest BCUT2D eigenvalue weighted by atomic mass is 9.97. The Hall–Kier alpha value is -0.880. The van der Waals surface area contributed by atoms with Crippen molar-refractivity contribution in [2.45, 2.75) is 25.1 Å². The van der Waals surface area contributed by atoms with E-state index in [-0.39, 0.29) is 12.2 Å². The molecule has 1 aromatic rings. The summed E-state index contributed by atoms with van der Waals surface area (Å²) in [7, 11) is 1.49. The van der Waals surface area contributed by atoms with E-state index in [0.717, 1.165) is 15.6 Å². The van der Waals surface area contributed by atoms with Gasteiger partial charge in [-0.2, -0.15) is 0 Å².